The number of halogens is 2. The van der Waals surface area contributed by atoms with Crippen molar-refractivity contribution in [3.05, 3.63) is 55.6 Å². The van der Waals surface area contributed by atoms with Crippen molar-refractivity contribution in [2.75, 3.05) is 14.2 Å². The summed E-state index contributed by atoms with van der Waals surface area (Å²) < 4.78 is 12.4. The Morgan fingerprint density at radius 2 is 1.90 bits per heavy atom. The summed E-state index contributed by atoms with van der Waals surface area (Å²) in [6.07, 6.45) is -0.748. The number of aliphatic hydroxyl groups is 1. The van der Waals surface area contributed by atoms with Crippen LogP contribution in [0.1, 0.15) is 17.2 Å². The lowest BCUT2D eigenvalue weighted by Crippen LogP contribution is -2.04. The number of methoxy groups -OCH3 is 2. The Labute approximate surface area is 140 Å². The summed E-state index contributed by atoms with van der Waals surface area (Å²) in [5.74, 6) is 1.25. The summed E-state index contributed by atoms with van der Waals surface area (Å²) >= 11 is 5.67. The minimum Gasteiger partial charge on any atom is -0.495 e. The van der Waals surface area contributed by atoms with Gasteiger partial charge in [0.1, 0.15) is 22.1 Å². The molecule has 0 fully saturated rings. The first-order chi connectivity index (χ1) is 9.58. The first-order valence-corrected chi connectivity index (χ1v) is 7.79. The molecule has 0 aliphatic rings. The Hall–Kier alpha value is -0.790. The Morgan fingerprint density at radius 3 is 2.50 bits per heavy atom. The van der Waals surface area contributed by atoms with Crippen LogP contribution in [0, 0.1) is 3.57 Å². The molecule has 0 amide bonds. The highest BCUT2D eigenvalue weighted by molar-refractivity contribution is 14.1. The van der Waals surface area contributed by atoms with E-state index in [0.29, 0.717) is 21.5 Å². The fourth-order valence-corrected chi connectivity index (χ4v) is 3.24. The second-order valence-corrected chi connectivity index (χ2v) is 6.20. The van der Waals surface area contributed by atoms with Gasteiger partial charge in [0, 0.05) is 9.13 Å². The maximum Gasteiger partial charge on any atom is 0.142 e. The minimum absolute atomic E-state index is 0.579. The summed E-state index contributed by atoms with van der Waals surface area (Å²) in [6, 6.07) is 11.4. The molecule has 2 rings (SSSR count). The molecule has 0 saturated carbocycles. The highest BCUT2D eigenvalue weighted by atomic mass is 127. The van der Waals surface area contributed by atoms with Gasteiger partial charge in [-0.2, -0.15) is 0 Å². The predicted octanol–water partition coefficient (Wildman–Crippen LogP) is 4.15. The number of rotatable bonds is 4. The van der Waals surface area contributed by atoms with Crippen molar-refractivity contribution < 1.29 is 14.6 Å². The molecule has 2 aromatic rings. The van der Waals surface area contributed by atoms with Crippen LogP contribution in [0.2, 0.25) is 0 Å². The minimum atomic E-state index is -0.748. The third kappa shape index (κ3) is 3.10. The van der Waals surface area contributed by atoms with E-state index >= 15 is 0 Å². The molecule has 0 heterocycles. The van der Waals surface area contributed by atoms with Gasteiger partial charge in [-0.3, -0.25) is 0 Å². The average Bonchev–Trinajstić information content (AvgIpc) is 2.46. The van der Waals surface area contributed by atoms with Crippen molar-refractivity contribution in [2.45, 2.75) is 6.10 Å². The highest BCUT2D eigenvalue weighted by Crippen LogP contribution is 2.41. The van der Waals surface area contributed by atoms with Crippen LogP contribution in [0.3, 0.4) is 0 Å². The van der Waals surface area contributed by atoms with Crippen molar-refractivity contribution in [3.63, 3.8) is 0 Å². The van der Waals surface area contributed by atoms with Crippen molar-refractivity contribution in [1.29, 1.82) is 0 Å². The first kappa shape index (κ1) is 15.6. The molecule has 106 valence electrons. The van der Waals surface area contributed by atoms with E-state index in [2.05, 4.69) is 38.5 Å². The van der Waals surface area contributed by atoms with Crippen LogP contribution in [0.15, 0.2) is 40.9 Å². The molecule has 5 heteroatoms. The zero-order valence-corrected chi connectivity index (χ0v) is 14.8. The number of benzene rings is 2. The smallest absolute Gasteiger partial charge is 0.142 e. The molecular weight excluding hydrogens is 435 g/mol. The van der Waals surface area contributed by atoms with Crippen molar-refractivity contribution in [1.82, 2.24) is 0 Å². The van der Waals surface area contributed by atoms with Crippen LogP contribution >= 0.6 is 38.5 Å². The number of hydrogen-bond donors (Lipinski definition) is 1. The van der Waals surface area contributed by atoms with Gasteiger partial charge in [-0.15, -0.1) is 0 Å². The third-order valence-corrected chi connectivity index (χ3v) is 4.40. The molecule has 1 atom stereocenters. The van der Waals surface area contributed by atoms with Gasteiger partial charge < -0.3 is 14.6 Å². The lowest BCUT2D eigenvalue weighted by molar-refractivity contribution is 0.214. The number of hydrogen-bond acceptors (Lipinski definition) is 3. The van der Waals surface area contributed by atoms with Crippen molar-refractivity contribution in [2.24, 2.45) is 0 Å². The summed E-state index contributed by atoms with van der Waals surface area (Å²) in [7, 11) is 3.17. The fourth-order valence-electron chi connectivity index (χ4n) is 1.99. The van der Waals surface area contributed by atoms with E-state index in [1.54, 1.807) is 20.3 Å². The van der Waals surface area contributed by atoms with Gasteiger partial charge in [-0.1, -0.05) is 12.1 Å². The van der Waals surface area contributed by atoms with E-state index in [1.165, 1.54) is 0 Å². The second-order valence-electron chi connectivity index (χ2n) is 4.16. The Morgan fingerprint density at radius 1 is 1.15 bits per heavy atom. The van der Waals surface area contributed by atoms with Gasteiger partial charge in [0.15, 0.2) is 0 Å². The van der Waals surface area contributed by atoms with Gasteiger partial charge in [0.25, 0.3) is 0 Å². The van der Waals surface area contributed by atoms with Gasteiger partial charge in [0.2, 0.25) is 0 Å². The standard InChI is InChI=1S/C15H14BrIO3/c1-19-12-7-6-11(15(20-2)13(12)16)14(18)9-4-3-5-10(17)8-9/h3-8,14,18H,1-2H3. The average molecular weight is 449 g/mol. The maximum absolute atomic E-state index is 10.6. The summed E-state index contributed by atoms with van der Waals surface area (Å²) in [6.45, 7) is 0. The molecule has 0 aromatic heterocycles. The molecular formula is C15H14BrIO3. The molecule has 1 N–H and O–H groups in total. The van der Waals surface area contributed by atoms with Crippen LogP contribution in [0.25, 0.3) is 0 Å². The quantitative estimate of drug-likeness (QED) is 0.714. The van der Waals surface area contributed by atoms with Crippen molar-refractivity contribution in [3.8, 4) is 11.5 Å². The Kier molecular flexibility index (Phi) is 5.29. The van der Waals surface area contributed by atoms with Crippen LogP contribution in [0.4, 0.5) is 0 Å². The molecule has 1 unspecified atom stereocenters. The topological polar surface area (TPSA) is 38.7 Å². The van der Waals surface area contributed by atoms with E-state index in [1.807, 2.05) is 30.3 Å². The zero-order valence-electron chi connectivity index (χ0n) is 11.1. The first-order valence-electron chi connectivity index (χ1n) is 5.92. The highest BCUT2D eigenvalue weighted by Gasteiger charge is 2.20. The molecule has 0 aliphatic carbocycles. The summed E-state index contributed by atoms with van der Waals surface area (Å²) in [4.78, 5) is 0. The van der Waals surface area contributed by atoms with Crippen LogP contribution < -0.4 is 9.47 Å². The Bertz CT molecular complexity index is 616. The Balaban J connectivity index is 2.49. The van der Waals surface area contributed by atoms with E-state index in [0.717, 1.165) is 9.13 Å². The normalized spacial score (nSPS) is 12.1. The van der Waals surface area contributed by atoms with Gasteiger partial charge in [0.05, 0.1) is 14.2 Å². The SMILES string of the molecule is COc1ccc(C(O)c2cccc(I)c2)c(OC)c1Br. The van der Waals surface area contributed by atoms with Crippen LogP contribution in [-0.2, 0) is 0 Å². The van der Waals surface area contributed by atoms with Gasteiger partial charge in [-0.05, 0) is 68.3 Å². The summed E-state index contributed by atoms with van der Waals surface area (Å²) in [5.41, 5.74) is 1.52. The second kappa shape index (κ2) is 6.78. The van der Waals surface area contributed by atoms with Crippen LogP contribution in [0.5, 0.6) is 11.5 Å². The van der Waals surface area contributed by atoms with E-state index in [-0.39, 0.29) is 0 Å². The predicted molar refractivity (Wildman–Crippen MR) is 90.5 cm³/mol. The third-order valence-electron chi connectivity index (χ3n) is 2.98. The molecule has 0 spiro atoms. The van der Waals surface area contributed by atoms with E-state index in [9.17, 15) is 5.11 Å². The lowest BCUT2D eigenvalue weighted by atomic mass is 10.0. The molecule has 2 aromatic carbocycles. The molecule has 20 heavy (non-hydrogen) atoms. The lowest BCUT2D eigenvalue weighted by Gasteiger charge is -2.18. The van der Waals surface area contributed by atoms with Crippen molar-refractivity contribution >= 4 is 38.5 Å². The molecule has 3 nitrogen and oxygen atoms in total. The number of ether oxygens (including phenoxy) is 2. The maximum atomic E-state index is 10.6. The van der Waals surface area contributed by atoms with Gasteiger partial charge in [-0.25, -0.2) is 0 Å². The molecule has 0 radical (unpaired) electrons. The molecule has 0 bridgehead atoms. The summed E-state index contributed by atoms with van der Waals surface area (Å²) in [5, 5.41) is 10.6. The fraction of sp³-hybridized carbons (Fsp3) is 0.200. The monoisotopic (exact) mass is 448 g/mol. The van der Waals surface area contributed by atoms with E-state index in [4.69, 9.17) is 9.47 Å². The van der Waals surface area contributed by atoms with E-state index < -0.39 is 6.10 Å². The molecule has 0 saturated heterocycles. The van der Waals surface area contributed by atoms with Crippen LogP contribution in [-0.4, -0.2) is 19.3 Å². The van der Waals surface area contributed by atoms with Gasteiger partial charge >= 0.3 is 0 Å². The zero-order chi connectivity index (χ0) is 14.7. The largest absolute Gasteiger partial charge is 0.495 e. The number of aliphatic hydroxyl groups excluding tert-OH is 1. The molecule has 0 aliphatic heterocycles.